The van der Waals surface area contributed by atoms with Crippen LogP contribution in [0, 0.1) is 0 Å². The summed E-state index contributed by atoms with van der Waals surface area (Å²) in [5.74, 6) is 0. The van der Waals surface area contributed by atoms with Crippen molar-refractivity contribution < 1.29 is 33.8 Å². The molecule has 2 fully saturated rings. The molecule has 0 unspecified atom stereocenters. The van der Waals surface area contributed by atoms with Gasteiger partial charge in [0.1, 0.15) is 6.61 Å². The molecule has 92 valence electrons. The van der Waals surface area contributed by atoms with Crippen LogP contribution in [0.15, 0.2) is 0 Å². The van der Waals surface area contributed by atoms with Gasteiger partial charge >= 0.3 is 8.17 Å². The van der Waals surface area contributed by atoms with Crippen LogP contribution in [0.1, 0.15) is 12.8 Å². The minimum Gasteiger partial charge on any atom is -0.393 e. The van der Waals surface area contributed by atoms with E-state index in [4.69, 9.17) is 9.26 Å². The molecular formula is C8H14O7P+. The van der Waals surface area contributed by atoms with Crippen molar-refractivity contribution in [2.24, 2.45) is 0 Å². The fourth-order valence-electron chi connectivity index (χ4n) is 1.99. The highest BCUT2D eigenvalue weighted by molar-refractivity contribution is 7.53. The second-order valence-electron chi connectivity index (χ2n) is 3.95. The Balaban J connectivity index is 2.10. The number of hydrogen-bond donors (Lipinski definition) is 2. The van der Waals surface area contributed by atoms with Gasteiger partial charge in [-0.1, -0.05) is 0 Å². The van der Waals surface area contributed by atoms with Gasteiger partial charge in [-0.15, -0.1) is 9.05 Å². The monoisotopic (exact) mass is 253 g/mol. The Morgan fingerprint density at radius 3 is 2.62 bits per heavy atom. The summed E-state index contributed by atoms with van der Waals surface area (Å²) in [6.07, 6.45) is -3.06. The first kappa shape index (κ1) is 12.6. The van der Waals surface area contributed by atoms with Crippen LogP contribution in [0.3, 0.4) is 0 Å². The first-order chi connectivity index (χ1) is 7.48. The summed E-state index contributed by atoms with van der Waals surface area (Å²) in [5.41, 5.74) is 0. The maximum absolute atomic E-state index is 11.3. The average molecular weight is 253 g/mol. The minimum absolute atomic E-state index is 0.0739. The molecule has 1 aliphatic carbocycles. The molecule has 4 atom stereocenters. The second kappa shape index (κ2) is 4.80. The van der Waals surface area contributed by atoms with Crippen LogP contribution < -0.4 is 0 Å². The maximum Gasteiger partial charge on any atom is 0.645 e. The van der Waals surface area contributed by atoms with E-state index in [0.717, 1.165) is 0 Å². The average Bonchev–Trinajstić information content (AvgIpc) is 2.15. The summed E-state index contributed by atoms with van der Waals surface area (Å²) in [4.78, 5) is 22.5. The molecule has 2 aliphatic rings. The molecule has 1 saturated heterocycles. The fraction of sp³-hybridized carbons (Fsp3) is 1.00. The Labute approximate surface area is 93.2 Å². The topological polar surface area (TPSA) is 108 Å². The molecule has 8 heteroatoms. The molecule has 0 aromatic carbocycles. The molecule has 0 bridgehead atoms. The smallest absolute Gasteiger partial charge is 0.393 e. The van der Waals surface area contributed by atoms with E-state index in [9.17, 15) is 20.0 Å². The number of aliphatic hydroxyl groups is 2. The standard InChI is InChI=1S/C8H14O7P/c9-5-3-6(10)8-7(4-5)13-1-2-14-16(11,12)15-8/h5-10H,1-4H2/q+1/t5-,6-,7-,8-/m1/s1. The van der Waals surface area contributed by atoms with Crippen LogP contribution in [0.5, 0.6) is 0 Å². The van der Waals surface area contributed by atoms with Gasteiger partial charge in [0.2, 0.25) is 0 Å². The Hall–Kier alpha value is 0.150. The van der Waals surface area contributed by atoms with Crippen molar-refractivity contribution in [2.45, 2.75) is 37.3 Å². The Morgan fingerprint density at radius 1 is 1.12 bits per heavy atom. The number of fused-ring (bicyclic) bond motifs is 1. The van der Waals surface area contributed by atoms with Crippen molar-refractivity contribution in [1.82, 2.24) is 0 Å². The zero-order valence-corrected chi connectivity index (χ0v) is 9.42. The summed E-state index contributed by atoms with van der Waals surface area (Å²) in [7, 11) is -4.38. The van der Waals surface area contributed by atoms with Gasteiger partial charge in [-0.05, 0) is 0 Å². The first-order valence-electron chi connectivity index (χ1n) is 5.10. The number of hydrogen-bond acceptors (Lipinski definition) is 5. The third-order valence-electron chi connectivity index (χ3n) is 2.68. The Bertz CT molecular complexity index is 249. The molecule has 2 rings (SSSR count). The summed E-state index contributed by atoms with van der Waals surface area (Å²) < 4.78 is 14.5. The summed E-state index contributed by atoms with van der Waals surface area (Å²) >= 11 is 0. The molecule has 2 radical (unpaired) electrons. The quantitative estimate of drug-likeness (QED) is 0.583. The van der Waals surface area contributed by atoms with E-state index in [1.54, 1.807) is 0 Å². The van der Waals surface area contributed by atoms with Crippen LogP contribution in [-0.2, 0) is 23.6 Å². The number of rotatable bonds is 0. The first-order valence-corrected chi connectivity index (χ1v) is 6.56. The largest absolute Gasteiger partial charge is 0.645 e. The molecule has 0 aromatic rings. The lowest BCUT2D eigenvalue weighted by Gasteiger charge is -2.36. The van der Waals surface area contributed by atoms with E-state index in [-0.39, 0.29) is 26.1 Å². The van der Waals surface area contributed by atoms with Gasteiger partial charge in [-0.2, -0.15) is 0 Å². The van der Waals surface area contributed by atoms with Gasteiger partial charge in [0.15, 0.2) is 6.10 Å². The molecule has 16 heavy (non-hydrogen) atoms. The second-order valence-corrected chi connectivity index (χ2v) is 5.32. The highest BCUT2D eigenvalue weighted by Gasteiger charge is 2.55. The molecule has 1 saturated carbocycles. The van der Waals surface area contributed by atoms with E-state index >= 15 is 0 Å². The van der Waals surface area contributed by atoms with Gasteiger partial charge in [0.25, 0.3) is 0 Å². The molecule has 1 heterocycles. The number of aliphatic hydroxyl groups excluding tert-OH is 2. The Kier molecular flexibility index (Phi) is 3.78. The molecule has 0 amide bonds. The molecule has 0 aromatic heterocycles. The van der Waals surface area contributed by atoms with Gasteiger partial charge in [-0.3, -0.25) is 0 Å². The highest BCUT2D eigenvalue weighted by Crippen LogP contribution is 2.57. The third-order valence-corrected chi connectivity index (χ3v) is 3.68. The van der Waals surface area contributed by atoms with Gasteiger partial charge < -0.3 is 14.9 Å². The molecule has 1 aliphatic heterocycles. The highest BCUT2D eigenvalue weighted by atomic mass is 31.2. The molecule has 0 spiro atoms. The normalized spacial score (nSPS) is 44.2. The van der Waals surface area contributed by atoms with E-state index in [2.05, 4.69) is 4.52 Å². The van der Waals surface area contributed by atoms with Crippen LogP contribution >= 0.6 is 8.17 Å². The molecular weight excluding hydrogens is 239 g/mol. The van der Waals surface area contributed by atoms with Crippen molar-refractivity contribution in [3.63, 3.8) is 0 Å². The summed E-state index contributed by atoms with van der Waals surface area (Å²) in [5, 5.41) is 19.1. The number of ether oxygens (including phenoxy) is 1. The lowest BCUT2D eigenvalue weighted by atomic mass is 9.90. The lowest BCUT2D eigenvalue weighted by molar-refractivity contribution is -0.159. The van der Waals surface area contributed by atoms with Gasteiger partial charge in [-0.25, -0.2) is 0 Å². The van der Waals surface area contributed by atoms with E-state index in [1.807, 2.05) is 0 Å². The fourth-order valence-corrected chi connectivity index (χ4v) is 2.92. The zero-order valence-electron chi connectivity index (χ0n) is 8.52. The van der Waals surface area contributed by atoms with Gasteiger partial charge in [0.05, 0.1) is 34.7 Å². The lowest BCUT2D eigenvalue weighted by Crippen LogP contribution is -2.50. The van der Waals surface area contributed by atoms with Crippen molar-refractivity contribution in [2.75, 3.05) is 13.2 Å². The van der Waals surface area contributed by atoms with E-state index < -0.39 is 32.6 Å². The molecule has 7 nitrogen and oxygen atoms in total. The van der Waals surface area contributed by atoms with Crippen molar-refractivity contribution in [3.05, 3.63) is 0 Å². The molecule has 2 N–H and O–H groups in total. The van der Waals surface area contributed by atoms with Crippen molar-refractivity contribution in [1.29, 1.82) is 0 Å². The zero-order chi connectivity index (χ0) is 11.8. The SMILES string of the molecule is [O][P+]1([O])OCCO[C@@H]2C[C@H](O)C[C@@H](O)[C@H]2O1. The predicted octanol–water partition coefficient (Wildman–Crippen LogP) is -0.159. The van der Waals surface area contributed by atoms with Crippen molar-refractivity contribution in [3.8, 4) is 0 Å². The van der Waals surface area contributed by atoms with E-state index in [1.165, 1.54) is 0 Å². The van der Waals surface area contributed by atoms with Gasteiger partial charge in [0, 0.05) is 12.8 Å². The summed E-state index contributed by atoms with van der Waals surface area (Å²) in [6, 6.07) is 0. The maximum atomic E-state index is 11.3. The van der Waals surface area contributed by atoms with Crippen LogP contribution in [0.2, 0.25) is 0 Å². The summed E-state index contributed by atoms with van der Waals surface area (Å²) in [6.45, 7) is -0.0214. The minimum atomic E-state index is -4.38. The van der Waals surface area contributed by atoms with E-state index in [0.29, 0.717) is 0 Å². The third kappa shape index (κ3) is 2.88. The van der Waals surface area contributed by atoms with Crippen LogP contribution in [0.25, 0.3) is 0 Å². The van der Waals surface area contributed by atoms with Crippen LogP contribution in [-0.4, -0.2) is 47.8 Å². The Morgan fingerprint density at radius 2 is 1.88 bits per heavy atom. The predicted molar refractivity (Wildman–Crippen MR) is 50.1 cm³/mol. The van der Waals surface area contributed by atoms with Crippen molar-refractivity contribution >= 4 is 8.17 Å². The van der Waals surface area contributed by atoms with Crippen LogP contribution in [0.4, 0.5) is 0 Å².